The quantitative estimate of drug-likeness (QED) is 0.138. The van der Waals surface area contributed by atoms with Crippen LogP contribution in [0.4, 0.5) is 5.82 Å². The lowest BCUT2D eigenvalue weighted by Gasteiger charge is -2.40. The minimum Gasteiger partial charge on any atom is -0.353 e. The van der Waals surface area contributed by atoms with E-state index < -0.39 is 0 Å². The maximum Gasteiger partial charge on any atom is 0.231 e. The molecule has 0 spiro atoms. The van der Waals surface area contributed by atoms with Crippen LogP contribution in [0.3, 0.4) is 0 Å². The summed E-state index contributed by atoms with van der Waals surface area (Å²) < 4.78 is 0. The summed E-state index contributed by atoms with van der Waals surface area (Å²) in [6, 6.07) is 21.4. The Labute approximate surface area is 240 Å². The summed E-state index contributed by atoms with van der Waals surface area (Å²) in [4.78, 5) is 38.8. The van der Waals surface area contributed by atoms with Crippen molar-refractivity contribution in [2.45, 2.75) is 56.8 Å². The molecule has 1 fully saturated rings. The van der Waals surface area contributed by atoms with Gasteiger partial charge in [0.2, 0.25) is 11.8 Å². The SMILES string of the molecule is CCCCCC(=O)N1CCN(c2cc(Cl)nc(SCC(=O)NC(c3ccccc3)c3ccccc3)n2)CC1C. The van der Waals surface area contributed by atoms with Gasteiger partial charge in [-0.3, -0.25) is 9.59 Å². The van der Waals surface area contributed by atoms with Crippen molar-refractivity contribution in [2.24, 2.45) is 0 Å². The van der Waals surface area contributed by atoms with Crippen molar-refractivity contribution in [3.8, 4) is 0 Å². The number of piperazine rings is 1. The number of nitrogens with zero attached hydrogens (tertiary/aromatic N) is 4. The second-order valence-corrected chi connectivity index (χ2v) is 11.1. The van der Waals surface area contributed by atoms with E-state index in [2.05, 4.69) is 29.0 Å². The number of hydrogen-bond donors (Lipinski definition) is 1. The molecule has 1 saturated heterocycles. The van der Waals surface area contributed by atoms with E-state index in [1.807, 2.05) is 65.6 Å². The number of carbonyl (C=O) groups is 2. The Balaban J connectivity index is 1.37. The third-order valence-electron chi connectivity index (χ3n) is 6.83. The minimum absolute atomic E-state index is 0.0800. The Kier molecular flexibility index (Phi) is 10.6. The molecule has 206 valence electrons. The Morgan fingerprint density at radius 3 is 2.31 bits per heavy atom. The molecule has 2 heterocycles. The number of anilines is 1. The molecule has 0 radical (unpaired) electrons. The van der Waals surface area contributed by atoms with Gasteiger partial charge in [-0.05, 0) is 24.5 Å². The van der Waals surface area contributed by atoms with Gasteiger partial charge < -0.3 is 15.1 Å². The van der Waals surface area contributed by atoms with E-state index in [9.17, 15) is 9.59 Å². The van der Waals surface area contributed by atoms with Crippen molar-refractivity contribution in [2.75, 3.05) is 30.3 Å². The summed E-state index contributed by atoms with van der Waals surface area (Å²) in [5.41, 5.74) is 2.03. The van der Waals surface area contributed by atoms with Crippen LogP contribution < -0.4 is 10.2 Å². The normalized spacial score (nSPS) is 15.4. The van der Waals surface area contributed by atoms with Gasteiger partial charge in [0.15, 0.2) is 5.16 Å². The molecular formula is C30H36ClN5O2S. The third-order valence-corrected chi connectivity index (χ3v) is 7.87. The number of amides is 2. The van der Waals surface area contributed by atoms with E-state index in [0.717, 1.165) is 30.4 Å². The summed E-state index contributed by atoms with van der Waals surface area (Å²) in [5, 5.41) is 3.94. The van der Waals surface area contributed by atoms with Crippen LogP contribution in [0.2, 0.25) is 5.15 Å². The highest BCUT2D eigenvalue weighted by Crippen LogP contribution is 2.26. The second-order valence-electron chi connectivity index (χ2n) is 9.78. The van der Waals surface area contributed by atoms with Crippen molar-refractivity contribution in [3.05, 3.63) is 83.0 Å². The smallest absolute Gasteiger partial charge is 0.231 e. The number of rotatable bonds is 11. The van der Waals surface area contributed by atoms with E-state index in [-0.39, 0.29) is 29.7 Å². The molecule has 4 rings (SSSR count). The number of halogens is 1. The molecular weight excluding hydrogens is 530 g/mol. The zero-order valence-electron chi connectivity index (χ0n) is 22.6. The molecule has 1 atom stereocenters. The molecule has 9 heteroatoms. The molecule has 39 heavy (non-hydrogen) atoms. The van der Waals surface area contributed by atoms with Crippen LogP contribution in [-0.2, 0) is 9.59 Å². The summed E-state index contributed by atoms with van der Waals surface area (Å²) >= 11 is 7.62. The first-order valence-electron chi connectivity index (χ1n) is 13.6. The summed E-state index contributed by atoms with van der Waals surface area (Å²) in [7, 11) is 0. The van der Waals surface area contributed by atoms with Crippen LogP contribution in [0.15, 0.2) is 71.9 Å². The largest absolute Gasteiger partial charge is 0.353 e. The molecule has 2 amide bonds. The highest BCUT2D eigenvalue weighted by Gasteiger charge is 2.28. The number of unbranched alkanes of at least 4 members (excludes halogenated alkanes) is 2. The summed E-state index contributed by atoms with van der Waals surface area (Å²) in [6.45, 7) is 6.22. The van der Waals surface area contributed by atoms with Gasteiger partial charge in [-0.25, -0.2) is 9.97 Å². The standard InChI is InChI=1S/C30H36ClN5O2S/c1-3-4-7-16-28(38)36-18-17-35(20-22(36)2)26-19-25(31)32-30(33-26)39-21-27(37)34-29(23-12-8-5-9-13-23)24-14-10-6-11-15-24/h5-6,8-15,19,22,29H,3-4,7,16-18,20-21H2,1-2H3,(H,34,37). The maximum atomic E-state index is 13.0. The molecule has 7 nitrogen and oxygen atoms in total. The van der Waals surface area contributed by atoms with Gasteiger partial charge in [0, 0.05) is 38.2 Å². The highest BCUT2D eigenvalue weighted by molar-refractivity contribution is 7.99. The number of thioether (sulfide) groups is 1. The molecule has 0 saturated carbocycles. The molecule has 1 aliphatic rings. The van der Waals surface area contributed by atoms with Gasteiger partial charge >= 0.3 is 0 Å². The van der Waals surface area contributed by atoms with Crippen molar-refractivity contribution >= 4 is 41.0 Å². The fraction of sp³-hybridized carbons (Fsp3) is 0.400. The highest BCUT2D eigenvalue weighted by atomic mass is 35.5. The van der Waals surface area contributed by atoms with Gasteiger partial charge in [-0.2, -0.15) is 0 Å². The van der Waals surface area contributed by atoms with Gasteiger partial charge in [0.25, 0.3) is 0 Å². The van der Waals surface area contributed by atoms with Crippen LogP contribution >= 0.6 is 23.4 Å². The average Bonchev–Trinajstić information content (AvgIpc) is 2.95. The first-order valence-corrected chi connectivity index (χ1v) is 14.9. The first kappa shape index (κ1) is 28.9. The van der Waals surface area contributed by atoms with E-state index in [1.54, 1.807) is 6.07 Å². The lowest BCUT2D eigenvalue weighted by atomic mass is 9.99. The van der Waals surface area contributed by atoms with Crippen LogP contribution in [0.1, 0.15) is 56.7 Å². The van der Waals surface area contributed by atoms with Gasteiger partial charge in [-0.1, -0.05) is 104 Å². The monoisotopic (exact) mass is 565 g/mol. The fourth-order valence-corrected chi connectivity index (χ4v) is 5.69. The van der Waals surface area contributed by atoms with Crippen LogP contribution in [-0.4, -0.2) is 58.1 Å². The molecule has 2 aromatic carbocycles. The lowest BCUT2D eigenvalue weighted by Crippen LogP contribution is -2.54. The zero-order chi connectivity index (χ0) is 27.6. The number of aromatic nitrogens is 2. The topological polar surface area (TPSA) is 78.4 Å². The molecule has 1 aromatic heterocycles. The number of hydrogen-bond acceptors (Lipinski definition) is 6. The molecule has 0 bridgehead atoms. The van der Waals surface area contributed by atoms with E-state index in [0.29, 0.717) is 42.2 Å². The Hall–Kier alpha value is -3.10. The van der Waals surface area contributed by atoms with E-state index in [4.69, 9.17) is 16.6 Å². The zero-order valence-corrected chi connectivity index (χ0v) is 24.1. The Morgan fingerprint density at radius 2 is 1.69 bits per heavy atom. The minimum atomic E-state index is -0.251. The number of benzene rings is 2. The third kappa shape index (κ3) is 8.19. The van der Waals surface area contributed by atoms with Crippen molar-refractivity contribution < 1.29 is 9.59 Å². The van der Waals surface area contributed by atoms with Crippen molar-refractivity contribution in [3.63, 3.8) is 0 Å². The van der Waals surface area contributed by atoms with Gasteiger partial charge in [0.05, 0.1) is 11.8 Å². The molecule has 1 unspecified atom stereocenters. The molecule has 1 aliphatic heterocycles. The van der Waals surface area contributed by atoms with Crippen LogP contribution in [0, 0.1) is 0 Å². The first-order chi connectivity index (χ1) is 18.9. The predicted molar refractivity (Wildman–Crippen MR) is 158 cm³/mol. The Morgan fingerprint density at radius 1 is 1.03 bits per heavy atom. The second kappa shape index (κ2) is 14.3. The average molecular weight is 566 g/mol. The number of nitrogens with one attached hydrogen (secondary N) is 1. The van der Waals surface area contributed by atoms with Crippen LogP contribution in [0.5, 0.6) is 0 Å². The van der Waals surface area contributed by atoms with E-state index in [1.165, 1.54) is 11.8 Å². The fourth-order valence-electron chi connectivity index (χ4n) is 4.80. The predicted octanol–water partition coefficient (Wildman–Crippen LogP) is 5.75. The lowest BCUT2D eigenvalue weighted by molar-refractivity contribution is -0.133. The van der Waals surface area contributed by atoms with E-state index >= 15 is 0 Å². The van der Waals surface area contributed by atoms with Crippen molar-refractivity contribution in [1.82, 2.24) is 20.2 Å². The van der Waals surface area contributed by atoms with Crippen LogP contribution in [0.25, 0.3) is 0 Å². The summed E-state index contributed by atoms with van der Waals surface area (Å²) in [5.74, 6) is 0.982. The van der Waals surface area contributed by atoms with Gasteiger partial charge in [-0.15, -0.1) is 0 Å². The maximum absolute atomic E-state index is 13.0. The molecule has 0 aliphatic carbocycles. The van der Waals surface area contributed by atoms with Gasteiger partial charge in [0.1, 0.15) is 11.0 Å². The molecule has 1 N–H and O–H groups in total. The number of carbonyl (C=O) groups excluding carboxylic acids is 2. The van der Waals surface area contributed by atoms with Crippen molar-refractivity contribution in [1.29, 1.82) is 0 Å². The Bertz CT molecular complexity index is 1190. The summed E-state index contributed by atoms with van der Waals surface area (Å²) in [6.07, 6.45) is 3.73. The molecule has 3 aromatic rings.